The van der Waals surface area contributed by atoms with Crippen LogP contribution in [0.4, 0.5) is 10.5 Å². The average molecular weight is 414 g/mol. The summed E-state index contributed by atoms with van der Waals surface area (Å²) in [7, 11) is 1.59. The van der Waals surface area contributed by atoms with Crippen LogP contribution in [-0.4, -0.2) is 49.6 Å². The lowest BCUT2D eigenvalue weighted by Crippen LogP contribution is -2.50. The molecule has 29 heavy (non-hydrogen) atoms. The van der Waals surface area contributed by atoms with Crippen molar-refractivity contribution in [1.29, 1.82) is 0 Å². The Kier molecular flexibility index (Phi) is 5.62. The number of rotatable bonds is 3. The van der Waals surface area contributed by atoms with Crippen molar-refractivity contribution in [3.63, 3.8) is 0 Å². The van der Waals surface area contributed by atoms with Crippen LogP contribution in [0, 0.1) is 0 Å². The molecule has 0 aliphatic carbocycles. The number of piperidine rings is 1. The number of amides is 3. The molecule has 0 atom stereocenters. The molecule has 2 aliphatic heterocycles. The first kappa shape index (κ1) is 19.6. The SMILES string of the molecule is COc1cccc(C(=O)N2CCC(NC(=O)N3CCc4cc(Cl)ccc43)CC2)c1. The number of methoxy groups -OCH3 is 1. The predicted molar refractivity (Wildman–Crippen MR) is 113 cm³/mol. The number of fused-ring (bicyclic) bond motifs is 1. The van der Waals surface area contributed by atoms with Crippen molar-refractivity contribution in [3.8, 4) is 5.75 Å². The zero-order valence-corrected chi connectivity index (χ0v) is 17.1. The van der Waals surface area contributed by atoms with E-state index in [9.17, 15) is 9.59 Å². The van der Waals surface area contributed by atoms with Crippen molar-refractivity contribution in [2.45, 2.75) is 25.3 Å². The molecular weight excluding hydrogens is 390 g/mol. The molecule has 0 spiro atoms. The van der Waals surface area contributed by atoms with E-state index in [1.807, 2.05) is 35.2 Å². The van der Waals surface area contributed by atoms with Crippen molar-refractivity contribution in [2.75, 3.05) is 31.6 Å². The van der Waals surface area contributed by atoms with Gasteiger partial charge in [-0.25, -0.2) is 4.79 Å². The predicted octanol–water partition coefficient (Wildman–Crippen LogP) is 3.73. The molecular formula is C22H24ClN3O3. The van der Waals surface area contributed by atoms with Crippen LogP contribution >= 0.6 is 11.6 Å². The number of ether oxygens (including phenoxy) is 1. The third-order valence-electron chi connectivity index (χ3n) is 5.61. The first-order valence-electron chi connectivity index (χ1n) is 9.85. The third-order valence-corrected chi connectivity index (χ3v) is 5.84. The van der Waals surface area contributed by atoms with Gasteiger partial charge in [0.2, 0.25) is 0 Å². The summed E-state index contributed by atoms with van der Waals surface area (Å²) in [5, 5.41) is 3.82. The van der Waals surface area contributed by atoms with Crippen LogP contribution in [0.25, 0.3) is 0 Å². The van der Waals surface area contributed by atoms with E-state index in [1.165, 1.54) is 0 Å². The maximum Gasteiger partial charge on any atom is 0.322 e. The Labute approximate surface area is 175 Å². The molecule has 6 nitrogen and oxygen atoms in total. The number of anilines is 1. The van der Waals surface area contributed by atoms with Crippen LogP contribution in [0.3, 0.4) is 0 Å². The Morgan fingerprint density at radius 3 is 2.66 bits per heavy atom. The van der Waals surface area contributed by atoms with E-state index in [0.717, 1.165) is 30.5 Å². The second-order valence-electron chi connectivity index (χ2n) is 7.42. The number of likely N-dealkylation sites (tertiary alicyclic amines) is 1. The van der Waals surface area contributed by atoms with Gasteiger partial charge >= 0.3 is 6.03 Å². The fourth-order valence-corrected chi connectivity index (χ4v) is 4.19. The van der Waals surface area contributed by atoms with E-state index in [4.69, 9.17) is 16.3 Å². The van der Waals surface area contributed by atoms with E-state index < -0.39 is 0 Å². The number of nitrogens with one attached hydrogen (secondary N) is 1. The Morgan fingerprint density at radius 2 is 1.90 bits per heavy atom. The van der Waals surface area contributed by atoms with Gasteiger partial charge in [0.05, 0.1) is 7.11 Å². The van der Waals surface area contributed by atoms with Gasteiger partial charge in [0.1, 0.15) is 5.75 Å². The molecule has 152 valence electrons. The molecule has 0 saturated carbocycles. The lowest BCUT2D eigenvalue weighted by atomic mass is 10.0. The second-order valence-corrected chi connectivity index (χ2v) is 7.86. The number of hydrogen-bond acceptors (Lipinski definition) is 3. The van der Waals surface area contributed by atoms with Gasteiger partial charge in [-0.3, -0.25) is 9.69 Å². The molecule has 7 heteroatoms. The molecule has 1 fully saturated rings. The normalized spacial score (nSPS) is 16.5. The highest BCUT2D eigenvalue weighted by Crippen LogP contribution is 2.30. The highest BCUT2D eigenvalue weighted by molar-refractivity contribution is 6.30. The van der Waals surface area contributed by atoms with Crippen molar-refractivity contribution < 1.29 is 14.3 Å². The van der Waals surface area contributed by atoms with Gasteiger partial charge in [-0.1, -0.05) is 17.7 Å². The highest BCUT2D eigenvalue weighted by Gasteiger charge is 2.29. The molecule has 2 aromatic rings. The van der Waals surface area contributed by atoms with E-state index >= 15 is 0 Å². The maximum absolute atomic E-state index is 12.8. The fourth-order valence-electron chi connectivity index (χ4n) is 4.00. The molecule has 2 heterocycles. The molecule has 0 unspecified atom stereocenters. The third kappa shape index (κ3) is 4.17. The summed E-state index contributed by atoms with van der Waals surface area (Å²) in [5.74, 6) is 0.671. The smallest absolute Gasteiger partial charge is 0.322 e. The molecule has 4 rings (SSSR count). The monoisotopic (exact) mass is 413 g/mol. The van der Waals surface area contributed by atoms with Crippen LogP contribution in [-0.2, 0) is 6.42 Å². The topological polar surface area (TPSA) is 61.9 Å². The summed E-state index contributed by atoms with van der Waals surface area (Å²) in [6, 6.07) is 12.8. The number of carbonyl (C=O) groups is 2. The molecule has 1 saturated heterocycles. The molecule has 2 aromatic carbocycles. The zero-order chi connectivity index (χ0) is 20.4. The van der Waals surface area contributed by atoms with Gasteiger partial charge in [0, 0.05) is 41.9 Å². The average Bonchev–Trinajstić information content (AvgIpc) is 3.17. The Bertz CT molecular complexity index is 925. The first-order valence-corrected chi connectivity index (χ1v) is 10.2. The maximum atomic E-state index is 12.8. The largest absolute Gasteiger partial charge is 0.497 e. The van der Waals surface area contributed by atoms with E-state index in [0.29, 0.717) is 36.0 Å². The Balaban J connectivity index is 1.32. The standard InChI is InChI=1S/C22H24ClN3O3/c1-29-19-4-2-3-16(14-19)21(27)25-10-8-18(9-11-25)24-22(28)26-12-7-15-13-17(23)5-6-20(15)26/h2-6,13-14,18H,7-12H2,1H3,(H,24,28). The minimum atomic E-state index is -0.0800. The minimum Gasteiger partial charge on any atom is -0.497 e. The van der Waals surface area contributed by atoms with Gasteiger partial charge in [0.25, 0.3) is 5.91 Å². The lowest BCUT2D eigenvalue weighted by molar-refractivity contribution is 0.0708. The quantitative estimate of drug-likeness (QED) is 0.834. The van der Waals surface area contributed by atoms with E-state index in [1.54, 1.807) is 24.1 Å². The minimum absolute atomic E-state index is 0.000902. The van der Waals surface area contributed by atoms with Crippen LogP contribution in [0.15, 0.2) is 42.5 Å². The highest BCUT2D eigenvalue weighted by atomic mass is 35.5. The van der Waals surface area contributed by atoms with Crippen molar-refractivity contribution in [2.24, 2.45) is 0 Å². The number of nitrogens with zero attached hydrogens (tertiary/aromatic N) is 2. The lowest BCUT2D eigenvalue weighted by Gasteiger charge is -2.33. The van der Waals surface area contributed by atoms with Gasteiger partial charge in [-0.05, 0) is 61.2 Å². The van der Waals surface area contributed by atoms with Crippen molar-refractivity contribution in [1.82, 2.24) is 10.2 Å². The second kappa shape index (κ2) is 8.33. The number of halogens is 1. The Hall–Kier alpha value is -2.73. The summed E-state index contributed by atoms with van der Waals surface area (Å²) >= 11 is 6.05. The van der Waals surface area contributed by atoms with Crippen molar-refractivity contribution in [3.05, 3.63) is 58.6 Å². The first-order chi connectivity index (χ1) is 14.0. The summed E-state index contributed by atoms with van der Waals surface area (Å²) in [6.07, 6.45) is 2.29. The fraction of sp³-hybridized carbons (Fsp3) is 0.364. The molecule has 0 aromatic heterocycles. The van der Waals surface area contributed by atoms with Crippen LogP contribution in [0.5, 0.6) is 5.75 Å². The van der Waals surface area contributed by atoms with E-state index in [-0.39, 0.29) is 18.0 Å². The summed E-state index contributed by atoms with van der Waals surface area (Å²) in [4.78, 5) is 29.1. The van der Waals surface area contributed by atoms with Crippen molar-refractivity contribution >= 4 is 29.2 Å². The van der Waals surface area contributed by atoms with Gasteiger partial charge < -0.3 is 15.0 Å². The van der Waals surface area contributed by atoms with Crippen LogP contribution in [0.2, 0.25) is 5.02 Å². The molecule has 0 bridgehead atoms. The molecule has 1 N–H and O–H groups in total. The van der Waals surface area contributed by atoms with Crippen LogP contribution in [0.1, 0.15) is 28.8 Å². The number of urea groups is 1. The zero-order valence-electron chi connectivity index (χ0n) is 16.4. The Morgan fingerprint density at radius 1 is 1.10 bits per heavy atom. The summed E-state index contributed by atoms with van der Waals surface area (Å²) in [6.45, 7) is 1.90. The number of hydrogen-bond donors (Lipinski definition) is 1. The van der Waals surface area contributed by atoms with Gasteiger partial charge in [-0.2, -0.15) is 0 Å². The summed E-state index contributed by atoms with van der Waals surface area (Å²) in [5.41, 5.74) is 2.66. The van der Waals surface area contributed by atoms with E-state index in [2.05, 4.69) is 5.32 Å². The van der Waals surface area contributed by atoms with Gasteiger partial charge in [-0.15, -0.1) is 0 Å². The molecule has 3 amide bonds. The van der Waals surface area contributed by atoms with Gasteiger partial charge in [0.15, 0.2) is 0 Å². The molecule has 2 aliphatic rings. The van der Waals surface area contributed by atoms with Crippen LogP contribution < -0.4 is 15.0 Å². The molecule has 0 radical (unpaired) electrons. The summed E-state index contributed by atoms with van der Waals surface area (Å²) < 4.78 is 5.20. The number of benzene rings is 2. The number of carbonyl (C=O) groups excluding carboxylic acids is 2.